The van der Waals surface area contributed by atoms with Gasteiger partial charge in [-0.15, -0.1) is 11.3 Å². The van der Waals surface area contributed by atoms with E-state index in [1.54, 1.807) is 23.1 Å². The van der Waals surface area contributed by atoms with E-state index in [1.165, 1.54) is 4.88 Å². The van der Waals surface area contributed by atoms with E-state index in [0.29, 0.717) is 0 Å². The van der Waals surface area contributed by atoms with Crippen LogP contribution in [-0.4, -0.2) is 23.2 Å². The number of hydrogen-bond acceptors (Lipinski definition) is 3. The Hall–Kier alpha value is 0.490. The van der Waals surface area contributed by atoms with Crippen LogP contribution in [0.1, 0.15) is 11.3 Å². The van der Waals surface area contributed by atoms with Crippen LogP contribution in [0, 0.1) is 0 Å². The molecule has 0 spiro atoms. The zero-order valence-corrected chi connectivity index (χ0v) is 10.7. The van der Waals surface area contributed by atoms with Gasteiger partial charge in [0.25, 0.3) is 0 Å². The van der Waals surface area contributed by atoms with E-state index < -0.39 is 0 Å². The first-order valence-electron chi connectivity index (χ1n) is 4.13. The number of halogens is 1. The van der Waals surface area contributed by atoms with Gasteiger partial charge in [0.15, 0.2) is 0 Å². The van der Waals surface area contributed by atoms with Gasteiger partial charge in [0, 0.05) is 15.8 Å². The van der Waals surface area contributed by atoms with Gasteiger partial charge in [0.2, 0.25) is 0 Å². The normalized spacial score (nSPS) is 13.2. The molecule has 0 saturated carbocycles. The van der Waals surface area contributed by atoms with Crippen molar-refractivity contribution in [1.82, 2.24) is 0 Å². The lowest BCUT2D eigenvalue weighted by molar-refractivity contribution is 0.173. The monoisotopic (exact) mass is 280 g/mol. The fourth-order valence-electron chi connectivity index (χ4n) is 1.04. The minimum absolute atomic E-state index is 0.192. The minimum Gasteiger partial charge on any atom is -0.393 e. The summed E-state index contributed by atoms with van der Waals surface area (Å²) < 4.78 is 1.13. The topological polar surface area (TPSA) is 20.2 Å². The van der Waals surface area contributed by atoms with Crippen LogP contribution in [0.15, 0.2) is 15.9 Å². The summed E-state index contributed by atoms with van der Waals surface area (Å²) in [5.41, 5.74) is 0. The molecule has 0 amide bonds. The Balaban J connectivity index is 2.36. The number of aliphatic hydroxyl groups is 1. The Kier molecular flexibility index (Phi) is 5.39. The molecule has 1 N–H and O–H groups in total. The van der Waals surface area contributed by atoms with Crippen LogP contribution in [-0.2, 0) is 6.42 Å². The first kappa shape index (κ1) is 11.6. The summed E-state index contributed by atoms with van der Waals surface area (Å²) in [6.07, 6.45) is 3.53. The molecule has 0 bridgehead atoms. The molecule has 1 aromatic rings. The van der Waals surface area contributed by atoms with Crippen molar-refractivity contribution in [2.75, 3.05) is 12.0 Å². The van der Waals surface area contributed by atoms with Crippen LogP contribution in [0.25, 0.3) is 0 Å². The van der Waals surface area contributed by atoms with Gasteiger partial charge in [0.05, 0.1) is 6.10 Å². The van der Waals surface area contributed by atoms with Crippen molar-refractivity contribution < 1.29 is 5.11 Å². The molecular formula is C9H13BrOS2. The molecule has 0 saturated heterocycles. The van der Waals surface area contributed by atoms with Gasteiger partial charge < -0.3 is 5.11 Å². The summed E-state index contributed by atoms with van der Waals surface area (Å²) in [6, 6.07) is 2.03. The predicted molar refractivity (Wildman–Crippen MR) is 64.7 cm³/mol. The first-order chi connectivity index (χ1) is 6.24. The Morgan fingerprint density at radius 1 is 1.69 bits per heavy atom. The Bertz CT molecular complexity index is 250. The SMILES string of the molecule is CSCCC(O)Cc1sccc1Br. The molecular weight excluding hydrogens is 268 g/mol. The van der Waals surface area contributed by atoms with Crippen LogP contribution in [0.4, 0.5) is 0 Å². The summed E-state index contributed by atoms with van der Waals surface area (Å²) in [5, 5.41) is 11.7. The Morgan fingerprint density at radius 3 is 3.00 bits per heavy atom. The second kappa shape index (κ2) is 6.06. The van der Waals surface area contributed by atoms with Crippen molar-refractivity contribution in [2.24, 2.45) is 0 Å². The third-order valence-corrected chi connectivity index (χ3v) is 4.36. The Labute approximate surface area is 95.7 Å². The van der Waals surface area contributed by atoms with Gasteiger partial charge in [-0.3, -0.25) is 0 Å². The molecule has 1 heterocycles. The highest BCUT2D eigenvalue weighted by molar-refractivity contribution is 9.10. The fraction of sp³-hybridized carbons (Fsp3) is 0.556. The quantitative estimate of drug-likeness (QED) is 0.894. The third kappa shape index (κ3) is 4.02. The van der Waals surface area contributed by atoms with Crippen LogP contribution >= 0.6 is 39.0 Å². The highest BCUT2D eigenvalue weighted by Crippen LogP contribution is 2.24. The number of rotatable bonds is 5. The summed E-state index contributed by atoms with van der Waals surface area (Å²) in [7, 11) is 0. The highest BCUT2D eigenvalue weighted by atomic mass is 79.9. The summed E-state index contributed by atoms with van der Waals surface area (Å²) in [4.78, 5) is 1.24. The largest absolute Gasteiger partial charge is 0.393 e. The van der Waals surface area contributed by atoms with E-state index in [2.05, 4.69) is 22.2 Å². The van der Waals surface area contributed by atoms with Crippen molar-refractivity contribution in [1.29, 1.82) is 0 Å². The van der Waals surface area contributed by atoms with E-state index >= 15 is 0 Å². The fourth-order valence-corrected chi connectivity index (χ4v) is 3.14. The standard InChI is InChI=1S/C9H13BrOS2/c1-12-4-2-7(11)6-9-8(10)3-5-13-9/h3,5,7,11H,2,4,6H2,1H3. The van der Waals surface area contributed by atoms with Crippen LogP contribution in [0.2, 0.25) is 0 Å². The van der Waals surface area contributed by atoms with Gasteiger partial charge in [0.1, 0.15) is 0 Å². The molecule has 1 atom stereocenters. The number of aliphatic hydroxyl groups excluding tert-OH is 1. The minimum atomic E-state index is -0.192. The lowest BCUT2D eigenvalue weighted by atomic mass is 10.2. The second-order valence-electron chi connectivity index (χ2n) is 2.83. The molecule has 0 aliphatic carbocycles. The molecule has 4 heteroatoms. The van der Waals surface area contributed by atoms with Gasteiger partial charge in [-0.25, -0.2) is 0 Å². The average Bonchev–Trinajstić information content (AvgIpc) is 2.48. The predicted octanol–water partition coefficient (Wildman–Crippen LogP) is 3.17. The van der Waals surface area contributed by atoms with Crippen molar-refractivity contribution in [3.8, 4) is 0 Å². The highest BCUT2D eigenvalue weighted by Gasteiger charge is 2.08. The lowest BCUT2D eigenvalue weighted by Crippen LogP contribution is -2.10. The molecule has 1 nitrogen and oxygen atoms in total. The number of hydrogen-bond donors (Lipinski definition) is 1. The summed E-state index contributed by atoms with van der Waals surface area (Å²) in [5.74, 6) is 1.03. The van der Waals surface area contributed by atoms with E-state index in [1.807, 2.05) is 11.4 Å². The van der Waals surface area contributed by atoms with E-state index in [9.17, 15) is 5.11 Å². The van der Waals surface area contributed by atoms with E-state index in [4.69, 9.17) is 0 Å². The van der Waals surface area contributed by atoms with Gasteiger partial charge >= 0.3 is 0 Å². The molecule has 1 rings (SSSR count). The molecule has 1 aromatic heterocycles. The van der Waals surface area contributed by atoms with Gasteiger partial charge in [-0.05, 0) is 45.8 Å². The Morgan fingerprint density at radius 2 is 2.46 bits per heavy atom. The summed E-state index contributed by atoms with van der Waals surface area (Å²) in [6.45, 7) is 0. The zero-order chi connectivity index (χ0) is 9.68. The number of thiophene rings is 1. The molecule has 1 unspecified atom stereocenters. The average molecular weight is 281 g/mol. The zero-order valence-electron chi connectivity index (χ0n) is 7.50. The molecule has 74 valence electrons. The van der Waals surface area contributed by atoms with E-state index in [-0.39, 0.29) is 6.10 Å². The third-order valence-electron chi connectivity index (χ3n) is 1.77. The van der Waals surface area contributed by atoms with Gasteiger partial charge in [-0.1, -0.05) is 0 Å². The molecule has 0 fully saturated rings. The van der Waals surface area contributed by atoms with Crippen LogP contribution in [0.5, 0.6) is 0 Å². The molecule has 13 heavy (non-hydrogen) atoms. The first-order valence-corrected chi connectivity index (χ1v) is 7.19. The molecule has 0 radical (unpaired) electrons. The van der Waals surface area contributed by atoms with Crippen molar-refractivity contribution >= 4 is 39.0 Å². The second-order valence-corrected chi connectivity index (χ2v) is 5.67. The van der Waals surface area contributed by atoms with Crippen LogP contribution in [0.3, 0.4) is 0 Å². The molecule has 0 aromatic carbocycles. The molecule has 0 aliphatic rings. The van der Waals surface area contributed by atoms with Crippen molar-refractivity contribution in [3.05, 3.63) is 20.8 Å². The lowest BCUT2D eigenvalue weighted by Gasteiger charge is -2.08. The maximum Gasteiger partial charge on any atom is 0.0596 e. The number of thioether (sulfide) groups is 1. The summed E-state index contributed by atoms with van der Waals surface area (Å²) >= 11 is 6.93. The maximum atomic E-state index is 9.65. The van der Waals surface area contributed by atoms with Gasteiger partial charge in [-0.2, -0.15) is 11.8 Å². The van der Waals surface area contributed by atoms with E-state index in [0.717, 1.165) is 23.1 Å². The maximum absolute atomic E-state index is 9.65. The van der Waals surface area contributed by atoms with Crippen molar-refractivity contribution in [3.63, 3.8) is 0 Å². The van der Waals surface area contributed by atoms with Crippen LogP contribution < -0.4 is 0 Å². The smallest absolute Gasteiger partial charge is 0.0596 e. The molecule has 0 aliphatic heterocycles. The van der Waals surface area contributed by atoms with Crippen molar-refractivity contribution in [2.45, 2.75) is 18.9 Å².